The second kappa shape index (κ2) is 46.0. The van der Waals surface area contributed by atoms with Crippen molar-refractivity contribution < 1.29 is 29.5 Å². The summed E-state index contributed by atoms with van der Waals surface area (Å²) < 4.78 is 14.8. The van der Waals surface area contributed by atoms with Crippen LogP contribution in [0.3, 0.4) is 0 Å². The molecule has 6 nitrogen and oxygen atoms in total. The lowest BCUT2D eigenvalue weighted by molar-refractivity contribution is 0.125. The second-order valence-electron chi connectivity index (χ2n) is 14.1. The molecule has 0 unspecified atom stereocenters. The summed E-state index contributed by atoms with van der Waals surface area (Å²) in [7, 11) is -4.64. The van der Waals surface area contributed by atoms with Gasteiger partial charge >= 0.3 is 7.82 Å². The number of phosphoric acid groups is 1. The maximum absolute atomic E-state index is 8.88. The second-order valence-corrected chi connectivity index (χ2v) is 15.2. The summed E-state index contributed by atoms with van der Waals surface area (Å²) in [6, 6.07) is 0. The largest absolute Gasteiger partial charge is 0.466 e. The maximum Gasteiger partial charge on any atom is 0.466 e. The highest BCUT2D eigenvalue weighted by atomic mass is 31.2. The topological polar surface area (TPSA) is 118 Å². The Kier molecular flexibility index (Phi) is 50.3. The average Bonchev–Trinajstić information content (AvgIpc) is 3.02. The molecule has 47 heavy (non-hydrogen) atoms. The van der Waals surface area contributed by atoms with Gasteiger partial charge in [-0.25, -0.2) is 4.57 Å². The van der Waals surface area contributed by atoms with Crippen LogP contribution in [-0.4, -0.2) is 33.4 Å². The lowest BCUT2D eigenvalue weighted by Gasteiger charge is -2.06. The van der Waals surface area contributed by atoms with Crippen molar-refractivity contribution in [1.82, 2.24) is 0 Å². The molecule has 0 saturated carbocycles. The molecule has 0 fully saturated rings. The molecule has 0 aliphatic rings. The molecule has 0 aliphatic carbocycles. The minimum atomic E-state index is -4.64. The number of hydrogen-bond donors (Lipinski definition) is 3. The van der Waals surface area contributed by atoms with E-state index in [-0.39, 0.29) is 5.48 Å². The Hall–Kier alpha value is 0.0300. The van der Waals surface area contributed by atoms with Crippen LogP contribution in [0.4, 0.5) is 0 Å². The van der Waals surface area contributed by atoms with Gasteiger partial charge in [0.1, 0.15) is 0 Å². The van der Waals surface area contributed by atoms with E-state index >= 15 is 0 Å². The van der Waals surface area contributed by atoms with Crippen LogP contribution in [0.15, 0.2) is 0 Å². The fourth-order valence-corrected chi connectivity index (χ4v) is 6.31. The molecule has 0 bridgehead atoms. The van der Waals surface area contributed by atoms with Gasteiger partial charge in [0.25, 0.3) is 0 Å². The van der Waals surface area contributed by atoms with Gasteiger partial charge in [-0.1, -0.05) is 232 Å². The molecule has 0 aliphatic heterocycles. The zero-order chi connectivity index (χ0) is 34.1. The van der Waals surface area contributed by atoms with E-state index in [1.165, 1.54) is 231 Å². The molecule has 288 valence electrons. The third-order valence-electron chi connectivity index (χ3n) is 9.28. The molecule has 0 spiro atoms. The molecular formula is C40H87O6P. The number of unbranched alkanes of at least 4 members (excludes halogenated alkanes) is 34. The molecule has 0 rings (SSSR count). The van der Waals surface area contributed by atoms with Crippen molar-refractivity contribution in [2.45, 2.75) is 245 Å². The standard InChI is InChI=1S/C40H82O.H3O4P.H2O/c1-3-5-7-9-11-13-15-17-19-21-23-25-27-29-31-33-35-37-39-41-40-38-36-34-32-30-28-26-24-22-20-18-16-14-12-10-8-6-4-2;1-5(2,3)4;/h3-40H2,1-2H3;(H3,1,2,3,4);1H2. The number of ether oxygens (including phenoxy) is 1. The molecule has 0 amide bonds. The van der Waals surface area contributed by atoms with Crippen LogP contribution in [0.1, 0.15) is 245 Å². The Morgan fingerprint density at radius 2 is 0.447 bits per heavy atom. The summed E-state index contributed by atoms with van der Waals surface area (Å²) in [5.74, 6) is 0. The lowest BCUT2D eigenvalue weighted by atomic mass is 10.0. The normalized spacial score (nSPS) is 11.3. The predicted octanol–water partition coefficient (Wildman–Crippen LogP) is 13.3. The van der Waals surface area contributed by atoms with Crippen molar-refractivity contribution in [1.29, 1.82) is 0 Å². The number of hydrogen-bond acceptors (Lipinski definition) is 2. The fourth-order valence-electron chi connectivity index (χ4n) is 6.31. The molecule has 0 aromatic carbocycles. The first-order valence-corrected chi connectivity index (χ1v) is 22.3. The maximum atomic E-state index is 8.88. The van der Waals surface area contributed by atoms with Crippen molar-refractivity contribution in [3.63, 3.8) is 0 Å². The first-order valence-electron chi connectivity index (χ1n) is 20.8. The zero-order valence-corrected chi connectivity index (χ0v) is 32.9. The van der Waals surface area contributed by atoms with Gasteiger partial charge in [0.15, 0.2) is 0 Å². The molecule has 0 aromatic heterocycles. The Labute approximate surface area is 295 Å². The zero-order valence-electron chi connectivity index (χ0n) is 32.0. The van der Waals surface area contributed by atoms with E-state index < -0.39 is 7.82 Å². The van der Waals surface area contributed by atoms with Crippen LogP contribution >= 0.6 is 7.82 Å². The highest BCUT2D eigenvalue weighted by Crippen LogP contribution is 2.25. The molecule has 0 heterocycles. The van der Waals surface area contributed by atoms with Crippen LogP contribution in [0.25, 0.3) is 0 Å². The fraction of sp³-hybridized carbons (Fsp3) is 1.00. The molecule has 0 aromatic rings. The first kappa shape index (κ1) is 51.4. The Morgan fingerprint density at radius 3 is 0.596 bits per heavy atom. The van der Waals surface area contributed by atoms with Crippen molar-refractivity contribution in [3.05, 3.63) is 0 Å². The lowest BCUT2D eigenvalue weighted by Crippen LogP contribution is -1.97. The van der Waals surface area contributed by atoms with Crippen molar-refractivity contribution in [2.24, 2.45) is 0 Å². The number of rotatable bonds is 38. The highest BCUT2D eigenvalue weighted by Gasteiger charge is 2.00. The van der Waals surface area contributed by atoms with Crippen LogP contribution in [-0.2, 0) is 9.30 Å². The highest BCUT2D eigenvalue weighted by molar-refractivity contribution is 7.45. The SMILES string of the molecule is CCCCCCCCCCCCCCCCCCCCOCCCCCCCCCCCCCCCCCCCC.O.O=P(O)(O)O. The average molecular weight is 695 g/mol. The van der Waals surface area contributed by atoms with Crippen LogP contribution in [0.5, 0.6) is 0 Å². The Morgan fingerprint density at radius 1 is 0.319 bits per heavy atom. The van der Waals surface area contributed by atoms with E-state index in [1.807, 2.05) is 0 Å². The van der Waals surface area contributed by atoms with Gasteiger partial charge in [0.2, 0.25) is 0 Å². The van der Waals surface area contributed by atoms with Gasteiger partial charge in [-0.15, -0.1) is 0 Å². The third-order valence-corrected chi connectivity index (χ3v) is 9.28. The molecule has 0 saturated heterocycles. The minimum absolute atomic E-state index is 0. The molecule has 0 radical (unpaired) electrons. The summed E-state index contributed by atoms with van der Waals surface area (Å²) >= 11 is 0. The summed E-state index contributed by atoms with van der Waals surface area (Å²) in [6.07, 6.45) is 52.0. The van der Waals surface area contributed by atoms with E-state index in [2.05, 4.69) is 13.8 Å². The van der Waals surface area contributed by atoms with Crippen LogP contribution in [0.2, 0.25) is 0 Å². The molecule has 0 atom stereocenters. The summed E-state index contributed by atoms with van der Waals surface area (Å²) in [5.41, 5.74) is 0. The van der Waals surface area contributed by atoms with E-state index in [9.17, 15) is 0 Å². The molecular weight excluding hydrogens is 607 g/mol. The van der Waals surface area contributed by atoms with Crippen molar-refractivity contribution in [2.75, 3.05) is 13.2 Å². The molecule has 5 N–H and O–H groups in total. The Balaban J connectivity index is -0.00000298. The van der Waals surface area contributed by atoms with Crippen molar-refractivity contribution >= 4 is 7.82 Å². The molecule has 7 heteroatoms. The van der Waals surface area contributed by atoms with Gasteiger partial charge in [-0.3, -0.25) is 0 Å². The quantitative estimate of drug-likeness (QED) is 0.0439. The monoisotopic (exact) mass is 695 g/mol. The van der Waals surface area contributed by atoms with Crippen molar-refractivity contribution in [3.8, 4) is 0 Å². The van der Waals surface area contributed by atoms with Gasteiger partial charge in [-0.05, 0) is 12.8 Å². The summed E-state index contributed by atoms with van der Waals surface area (Å²) in [6.45, 7) is 6.61. The predicted molar refractivity (Wildman–Crippen MR) is 206 cm³/mol. The van der Waals surface area contributed by atoms with Gasteiger partial charge in [-0.2, -0.15) is 0 Å². The first-order chi connectivity index (χ1) is 22.4. The Bertz CT molecular complexity index is 525. The third kappa shape index (κ3) is 61.7. The van der Waals surface area contributed by atoms with Gasteiger partial charge < -0.3 is 24.9 Å². The van der Waals surface area contributed by atoms with E-state index in [1.54, 1.807) is 0 Å². The van der Waals surface area contributed by atoms with Crippen LogP contribution < -0.4 is 0 Å². The van der Waals surface area contributed by atoms with E-state index in [0.29, 0.717) is 0 Å². The minimum Gasteiger partial charge on any atom is -0.412 e. The van der Waals surface area contributed by atoms with E-state index in [4.69, 9.17) is 24.0 Å². The summed E-state index contributed by atoms with van der Waals surface area (Å²) in [5, 5.41) is 0. The summed E-state index contributed by atoms with van der Waals surface area (Å²) in [4.78, 5) is 21.6. The van der Waals surface area contributed by atoms with E-state index in [0.717, 1.165) is 13.2 Å². The van der Waals surface area contributed by atoms with Gasteiger partial charge in [0.05, 0.1) is 0 Å². The van der Waals surface area contributed by atoms with Crippen LogP contribution in [0, 0.1) is 0 Å². The van der Waals surface area contributed by atoms with Gasteiger partial charge in [0, 0.05) is 13.2 Å². The smallest absolute Gasteiger partial charge is 0.412 e.